The fraction of sp³-hybridized carbons (Fsp3) is 0.115. The number of pyridine rings is 1. The van der Waals surface area contributed by atoms with Crippen LogP contribution < -0.4 is 4.74 Å². The van der Waals surface area contributed by atoms with Crippen molar-refractivity contribution in [3.8, 4) is 5.75 Å². The van der Waals surface area contributed by atoms with Crippen LogP contribution in [0.4, 0.5) is 4.39 Å². The van der Waals surface area contributed by atoms with E-state index < -0.39 is 23.5 Å². The normalized spacial score (nSPS) is 17.2. The van der Waals surface area contributed by atoms with Gasteiger partial charge in [-0.3, -0.25) is 14.6 Å². The van der Waals surface area contributed by atoms with Gasteiger partial charge >= 0.3 is 0 Å². The predicted molar refractivity (Wildman–Crippen MR) is 121 cm³/mol. The fourth-order valence-corrected chi connectivity index (χ4v) is 3.77. The first-order chi connectivity index (χ1) is 16.0. The SMILES string of the molecule is C=CCOc1ccc(C(O)=C2C(=O)C(=O)N(Cc3cccnc3)[C@H]2c2cccc(F)c2)cc1. The van der Waals surface area contributed by atoms with Gasteiger partial charge in [-0.2, -0.15) is 0 Å². The van der Waals surface area contributed by atoms with Gasteiger partial charge in [0.15, 0.2) is 0 Å². The van der Waals surface area contributed by atoms with Gasteiger partial charge in [0.2, 0.25) is 0 Å². The summed E-state index contributed by atoms with van der Waals surface area (Å²) in [6.45, 7) is 3.99. The van der Waals surface area contributed by atoms with Crippen molar-refractivity contribution in [3.63, 3.8) is 0 Å². The van der Waals surface area contributed by atoms with Gasteiger partial charge in [-0.25, -0.2) is 4.39 Å². The summed E-state index contributed by atoms with van der Waals surface area (Å²) >= 11 is 0. The highest BCUT2D eigenvalue weighted by Crippen LogP contribution is 2.40. The van der Waals surface area contributed by atoms with Crippen molar-refractivity contribution >= 4 is 17.4 Å². The highest BCUT2D eigenvalue weighted by Gasteiger charge is 2.46. The van der Waals surface area contributed by atoms with Gasteiger partial charge in [0.05, 0.1) is 11.6 Å². The van der Waals surface area contributed by atoms with Crippen LogP contribution in [-0.2, 0) is 16.1 Å². The van der Waals surface area contributed by atoms with Crippen molar-refractivity contribution in [1.29, 1.82) is 0 Å². The van der Waals surface area contributed by atoms with Crippen LogP contribution in [0.1, 0.15) is 22.7 Å². The first-order valence-corrected chi connectivity index (χ1v) is 10.3. The molecule has 0 saturated carbocycles. The Morgan fingerprint density at radius 2 is 1.94 bits per heavy atom. The lowest BCUT2D eigenvalue weighted by Crippen LogP contribution is -2.29. The molecule has 33 heavy (non-hydrogen) atoms. The Morgan fingerprint density at radius 1 is 1.15 bits per heavy atom. The molecule has 0 unspecified atom stereocenters. The minimum atomic E-state index is -0.961. The Hall–Kier alpha value is -4.26. The van der Waals surface area contributed by atoms with Crippen molar-refractivity contribution < 1.29 is 23.8 Å². The third-order valence-electron chi connectivity index (χ3n) is 5.28. The zero-order valence-electron chi connectivity index (χ0n) is 17.6. The summed E-state index contributed by atoms with van der Waals surface area (Å²) in [6, 6.07) is 14.6. The highest BCUT2D eigenvalue weighted by atomic mass is 19.1. The Morgan fingerprint density at radius 3 is 2.61 bits per heavy atom. The zero-order chi connectivity index (χ0) is 23.4. The number of ether oxygens (including phenoxy) is 1. The number of benzene rings is 2. The minimum absolute atomic E-state index is 0.0741. The van der Waals surface area contributed by atoms with Crippen molar-refractivity contribution in [2.45, 2.75) is 12.6 Å². The molecule has 2 heterocycles. The maximum atomic E-state index is 14.1. The van der Waals surface area contributed by atoms with Crippen LogP contribution in [0, 0.1) is 5.82 Å². The Kier molecular flexibility index (Phi) is 6.31. The van der Waals surface area contributed by atoms with Crippen molar-refractivity contribution in [3.05, 3.63) is 114 Å². The summed E-state index contributed by atoms with van der Waals surface area (Å²) < 4.78 is 19.5. The molecule has 166 valence electrons. The second-order valence-electron chi connectivity index (χ2n) is 7.47. The average Bonchev–Trinajstić information content (AvgIpc) is 3.08. The van der Waals surface area contributed by atoms with Gasteiger partial charge in [0, 0.05) is 24.5 Å². The Labute approximate surface area is 190 Å². The molecule has 1 aliphatic rings. The minimum Gasteiger partial charge on any atom is -0.507 e. The summed E-state index contributed by atoms with van der Waals surface area (Å²) in [4.78, 5) is 31.4. The Bertz CT molecular complexity index is 1220. The zero-order valence-corrected chi connectivity index (χ0v) is 17.6. The molecular formula is C26H21FN2O4. The van der Waals surface area contributed by atoms with Crippen LogP contribution in [0.5, 0.6) is 5.75 Å². The number of hydrogen-bond donors (Lipinski definition) is 1. The molecule has 0 spiro atoms. The van der Waals surface area contributed by atoms with E-state index in [1.54, 1.807) is 60.9 Å². The van der Waals surface area contributed by atoms with E-state index in [1.807, 2.05) is 0 Å². The van der Waals surface area contributed by atoms with Crippen LogP contribution in [-0.4, -0.2) is 33.3 Å². The molecule has 1 N–H and O–H groups in total. The van der Waals surface area contributed by atoms with Crippen molar-refractivity contribution in [2.75, 3.05) is 6.61 Å². The number of carbonyl (C=O) groups is 2. The molecule has 2 aromatic carbocycles. The molecule has 1 atom stereocenters. The molecule has 1 fully saturated rings. The van der Waals surface area contributed by atoms with Gasteiger partial charge in [-0.15, -0.1) is 0 Å². The first-order valence-electron chi connectivity index (χ1n) is 10.3. The molecule has 1 aliphatic heterocycles. The molecule has 0 aliphatic carbocycles. The van der Waals surface area contributed by atoms with Gasteiger partial charge < -0.3 is 14.7 Å². The molecule has 0 bridgehead atoms. The standard InChI is InChI=1S/C26H21FN2O4/c1-2-13-33-21-10-8-18(9-11-21)24(30)22-23(19-6-3-7-20(27)14-19)29(26(32)25(22)31)16-17-5-4-12-28-15-17/h2-12,14-15,23,30H,1,13,16H2/t23-/m0/s1. The molecular weight excluding hydrogens is 423 g/mol. The highest BCUT2D eigenvalue weighted by molar-refractivity contribution is 6.46. The summed E-state index contributed by atoms with van der Waals surface area (Å²) in [5.74, 6) is -1.90. The number of rotatable bonds is 7. The van der Waals surface area contributed by atoms with E-state index in [0.29, 0.717) is 29.0 Å². The monoisotopic (exact) mass is 444 g/mol. The van der Waals surface area contributed by atoms with E-state index in [9.17, 15) is 19.1 Å². The number of amides is 1. The Balaban J connectivity index is 1.79. The van der Waals surface area contributed by atoms with Gasteiger partial charge in [0.1, 0.15) is 23.9 Å². The van der Waals surface area contributed by atoms with E-state index in [0.717, 1.165) is 0 Å². The quantitative estimate of drug-likeness (QED) is 0.253. The summed E-state index contributed by atoms with van der Waals surface area (Å²) in [5, 5.41) is 11.1. The lowest BCUT2D eigenvalue weighted by Gasteiger charge is -2.25. The molecule has 1 aromatic heterocycles. The largest absolute Gasteiger partial charge is 0.507 e. The second-order valence-corrected chi connectivity index (χ2v) is 7.47. The fourth-order valence-electron chi connectivity index (χ4n) is 3.77. The number of aromatic nitrogens is 1. The van der Waals surface area contributed by atoms with Crippen molar-refractivity contribution in [1.82, 2.24) is 9.88 Å². The molecule has 4 rings (SSSR count). The third-order valence-corrected chi connectivity index (χ3v) is 5.28. The molecule has 1 amide bonds. The number of halogens is 1. The van der Waals surface area contributed by atoms with E-state index in [4.69, 9.17) is 4.74 Å². The van der Waals surface area contributed by atoms with Crippen LogP contribution in [0.25, 0.3) is 5.76 Å². The summed E-state index contributed by atoms with van der Waals surface area (Å²) in [7, 11) is 0. The number of Topliss-reactive ketones (excluding diaryl/α,β-unsaturated/α-hetero) is 1. The number of hydrogen-bond acceptors (Lipinski definition) is 5. The van der Waals surface area contributed by atoms with Crippen LogP contribution in [0.2, 0.25) is 0 Å². The molecule has 3 aromatic rings. The molecule has 7 heteroatoms. The smallest absolute Gasteiger partial charge is 0.295 e. The second kappa shape index (κ2) is 9.48. The maximum Gasteiger partial charge on any atom is 0.295 e. The predicted octanol–water partition coefficient (Wildman–Crippen LogP) is 4.41. The molecule has 0 radical (unpaired) electrons. The number of likely N-dealkylation sites (tertiary alicyclic amines) is 1. The van der Waals surface area contributed by atoms with Gasteiger partial charge in [-0.1, -0.05) is 30.9 Å². The third kappa shape index (κ3) is 4.52. The first kappa shape index (κ1) is 22.0. The maximum absolute atomic E-state index is 14.1. The van der Waals surface area contributed by atoms with Gasteiger partial charge in [-0.05, 0) is 53.6 Å². The lowest BCUT2D eigenvalue weighted by atomic mass is 9.95. The summed E-state index contributed by atoms with van der Waals surface area (Å²) in [5.41, 5.74) is 1.31. The number of nitrogens with zero attached hydrogens (tertiary/aromatic N) is 2. The average molecular weight is 444 g/mol. The molecule has 1 saturated heterocycles. The number of ketones is 1. The number of aliphatic hydroxyl groups excluding tert-OH is 1. The lowest BCUT2D eigenvalue weighted by molar-refractivity contribution is -0.140. The van der Waals surface area contributed by atoms with E-state index in [2.05, 4.69) is 11.6 Å². The van der Waals surface area contributed by atoms with Gasteiger partial charge in [0.25, 0.3) is 11.7 Å². The van der Waals surface area contributed by atoms with Crippen LogP contribution in [0.3, 0.4) is 0 Å². The van der Waals surface area contributed by atoms with Crippen molar-refractivity contribution in [2.24, 2.45) is 0 Å². The van der Waals surface area contributed by atoms with E-state index in [1.165, 1.54) is 23.1 Å². The van der Waals surface area contributed by atoms with Crippen LogP contribution >= 0.6 is 0 Å². The van der Waals surface area contributed by atoms with E-state index >= 15 is 0 Å². The van der Waals surface area contributed by atoms with E-state index in [-0.39, 0.29) is 17.9 Å². The number of carbonyl (C=O) groups excluding carboxylic acids is 2. The summed E-state index contributed by atoms with van der Waals surface area (Å²) in [6.07, 6.45) is 4.80. The van der Waals surface area contributed by atoms with Crippen LogP contribution in [0.15, 0.2) is 91.3 Å². The molecule has 6 nitrogen and oxygen atoms in total. The number of aliphatic hydroxyl groups is 1. The topological polar surface area (TPSA) is 79.7 Å².